The maximum absolute atomic E-state index is 12.6. The number of piperidine rings is 1. The molecule has 1 amide bonds. The van der Waals surface area contributed by atoms with Gasteiger partial charge in [0.2, 0.25) is 0 Å². The summed E-state index contributed by atoms with van der Waals surface area (Å²) in [6.45, 7) is 0.967. The van der Waals surface area contributed by atoms with Crippen LogP contribution in [0, 0.1) is 5.92 Å². The summed E-state index contributed by atoms with van der Waals surface area (Å²) in [5.74, 6) is -0.345. The van der Waals surface area contributed by atoms with E-state index in [0.29, 0.717) is 31.6 Å². The van der Waals surface area contributed by atoms with Crippen molar-refractivity contribution in [3.8, 4) is 0 Å². The van der Waals surface area contributed by atoms with Crippen LogP contribution in [0.3, 0.4) is 0 Å². The third-order valence-corrected chi connectivity index (χ3v) is 4.53. The molecule has 0 spiro atoms. The zero-order valence-corrected chi connectivity index (χ0v) is 12.0. The van der Waals surface area contributed by atoms with E-state index >= 15 is 0 Å². The Morgan fingerprint density at radius 3 is 2.57 bits per heavy atom. The Bertz CT molecular complexity index is 544. The second-order valence-electron chi connectivity index (χ2n) is 5.90. The number of rotatable bonds is 2. The summed E-state index contributed by atoms with van der Waals surface area (Å²) in [6.07, 6.45) is 6.04. The van der Waals surface area contributed by atoms with Crippen molar-refractivity contribution in [2.24, 2.45) is 5.92 Å². The van der Waals surface area contributed by atoms with Gasteiger partial charge in [0.15, 0.2) is 5.69 Å². The molecule has 3 rings (SSSR count). The SMILES string of the molecule is O=C(O)C1CCN(C(=O)c2noc3c2CCCCC3)CC1. The van der Waals surface area contributed by atoms with E-state index < -0.39 is 5.97 Å². The van der Waals surface area contributed by atoms with Gasteiger partial charge in [0.05, 0.1) is 5.92 Å². The van der Waals surface area contributed by atoms with Crippen LogP contribution in [0.25, 0.3) is 0 Å². The summed E-state index contributed by atoms with van der Waals surface area (Å²) in [6, 6.07) is 0. The Labute approximate surface area is 123 Å². The molecule has 0 aromatic carbocycles. The number of hydrogen-bond donors (Lipinski definition) is 1. The molecule has 1 fully saturated rings. The molecular weight excluding hydrogens is 272 g/mol. The molecule has 1 aliphatic heterocycles. The zero-order valence-electron chi connectivity index (χ0n) is 12.0. The number of aryl methyl sites for hydroxylation is 1. The number of carbonyl (C=O) groups excluding carboxylic acids is 1. The highest BCUT2D eigenvalue weighted by Gasteiger charge is 2.31. The molecule has 6 nitrogen and oxygen atoms in total. The summed E-state index contributed by atoms with van der Waals surface area (Å²) in [5.41, 5.74) is 1.42. The maximum atomic E-state index is 12.6. The number of carbonyl (C=O) groups is 2. The van der Waals surface area contributed by atoms with Gasteiger partial charge in [0.25, 0.3) is 5.91 Å². The molecular formula is C15H20N2O4. The molecule has 114 valence electrons. The number of carboxylic acid groups (broad SMARTS) is 1. The minimum Gasteiger partial charge on any atom is -0.481 e. The van der Waals surface area contributed by atoms with Gasteiger partial charge in [-0.3, -0.25) is 9.59 Å². The van der Waals surface area contributed by atoms with Crippen LogP contribution in [0.15, 0.2) is 4.52 Å². The Balaban J connectivity index is 1.72. The summed E-state index contributed by atoms with van der Waals surface area (Å²) in [4.78, 5) is 25.2. The molecule has 0 bridgehead atoms. The number of fused-ring (bicyclic) bond motifs is 1. The molecule has 1 aromatic rings. The van der Waals surface area contributed by atoms with Crippen LogP contribution in [0.5, 0.6) is 0 Å². The van der Waals surface area contributed by atoms with Crippen LogP contribution in [0.1, 0.15) is 53.9 Å². The van der Waals surface area contributed by atoms with E-state index in [9.17, 15) is 9.59 Å². The van der Waals surface area contributed by atoms with Crippen molar-refractivity contribution in [1.29, 1.82) is 0 Å². The third-order valence-electron chi connectivity index (χ3n) is 4.53. The van der Waals surface area contributed by atoms with Gasteiger partial charge in [-0.25, -0.2) is 0 Å². The van der Waals surface area contributed by atoms with Gasteiger partial charge in [-0.1, -0.05) is 11.6 Å². The molecule has 0 unspecified atom stereocenters. The summed E-state index contributed by atoms with van der Waals surface area (Å²) >= 11 is 0. The number of aliphatic carboxylic acids is 1. The molecule has 21 heavy (non-hydrogen) atoms. The fourth-order valence-electron chi connectivity index (χ4n) is 3.21. The van der Waals surface area contributed by atoms with Crippen molar-refractivity contribution < 1.29 is 19.2 Å². The van der Waals surface area contributed by atoms with E-state index in [4.69, 9.17) is 9.63 Å². The molecule has 1 saturated heterocycles. The molecule has 6 heteroatoms. The van der Waals surface area contributed by atoms with E-state index in [1.165, 1.54) is 0 Å². The van der Waals surface area contributed by atoms with Crippen molar-refractivity contribution in [1.82, 2.24) is 10.1 Å². The van der Waals surface area contributed by atoms with Gasteiger partial charge in [-0.15, -0.1) is 0 Å². The first kappa shape index (κ1) is 14.1. The number of likely N-dealkylation sites (tertiary alicyclic amines) is 1. The predicted octanol–water partition coefficient (Wildman–Crippen LogP) is 1.88. The lowest BCUT2D eigenvalue weighted by atomic mass is 9.96. The van der Waals surface area contributed by atoms with E-state index in [1.807, 2.05) is 0 Å². The zero-order chi connectivity index (χ0) is 14.8. The molecule has 1 N–H and O–H groups in total. The lowest BCUT2D eigenvalue weighted by molar-refractivity contribution is -0.143. The highest BCUT2D eigenvalue weighted by molar-refractivity contribution is 5.94. The number of amides is 1. The molecule has 2 aliphatic rings. The second-order valence-corrected chi connectivity index (χ2v) is 5.90. The average molecular weight is 292 g/mol. The number of nitrogens with zero attached hydrogens (tertiary/aromatic N) is 2. The van der Waals surface area contributed by atoms with Crippen LogP contribution in [0.2, 0.25) is 0 Å². The fraction of sp³-hybridized carbons (Fsp3) is 0.667. The minimum atomic E-state index is -0.766. The minimum absolute atomic E-state index is 0.106. The van der Waals surface area contributed by atoms with Crippen LogP contribution in [-0.4, -0.2) is 40.1 Å². The largest absolute Gasteiger partial charge is 0.481 e. The van der Waals surface area contributed by atoms with Crippen molar-refractivity contribution in [3.63, 3.8) is 0 Å². The Hall–Kier alpha value is -1.85. The maximum Gasteiger partial charge on any atom is 0.306 e. The van der Waals surface area contributed by atoms with Crippen LogP contribution in [-0.2, 0) is 17.6 Å². The standard InChI is InChI=1S/C15H20N2O4/c18-14(17-8-6-10(7-9-17)15(19)20)13-11-4-2-1-3-5-12(11)21-16-13/h10H,1-9H2,(H,19,20). The smallest absolute Gasteiger partial charge is 0.306 e. The predicted molar refractivity (Wildman–Crippen MR) is 74.0 cm³/mol. The monoisotopic (exact) mass is 292 g/mol. The summed E-state index contributed by atoms with van der Waals surface area (Å²) in [7, 11) is 0. The first-order chi connectivity index (χ1) is 10.2. The van der Waals surface area contributed by atoms with Crippen molar-refractivity contribution >= 4 is 11.9 Å². The lowest BCUT2D eigenvalue weighted by Gasteiger charge is -2.29. The van der Waals surface area contributed by atoms with Gasteiger partial charge in [-0.2, -0.15) is 0 Å². The van der Waals surface area contributed by atoms with Crippen LogP contribution in [0.4, 0.5) is 0 Å². The van der Waals surface area contributed by atoms with Crippen molar-refractivity contribution in [2.45, 2.75) is 44.9 Å². The second kappa shape index (κ2) is 5.87. The molecule has 1 aromatic heterocycles. The van der Waals surface area contributed by atoms with E-state index in [-0.39, 0.29) is 11.8 Å². The number of hydrogen-bond acceptors (Lipinski definition) is 4. The quantitative estimate of drug-likeness (QED) is 0.841. The van der Waals surface area contributed by atoms with Crippen LogP contribution >= 0.6 is 0 Å². The van der Waals surface area contributed by atoms with E-state index in [1.54, 1.807) is 4.90 Å². The van der Waals surface area contributed by atoms with Gasteiger partial charge in [-0.05, 0) is 32.1 Å². The van der Waals surface area contributed by atoms with Gasteiger partial charge >= 0.3 is 5.97 Å². The van der Waals surface area contributed by atoms with Crippen molar-refractivity contribution in [3.05, 3.63) is 17.0 Å². The summed E-state index contributed by atoms with van der Waals surface area (Å²) < 4.78 is 5.35. The topological polar surface area (TPSA) is 83.6 Å². The van der Waals surface area contributed by atoms with Crippen molar-refractivity contribution in [2.75, 3.05) is 13.1 Å². The molecule has 0 atom stereocenters. The van der Waals surface area contributed by atoms with E-state index in [2.05, 4.69) is 5.16 Å². The Kier molecular flexibility index (Phi) is 3.94. The first-order valence-electron chi connectivity index (χ1n) is 7.66. The van der Waals surface area contributed by atoms with Crippen LogP contribution < -0.4 is 0 Å². The van der Waals surface area contributed by atoms with Gasteiger partial charge in [0.1, 0.15) is 5.76 Å². The third kappa shape index (κ3) is 2.80. The van der Waals surface area contributed by atoms with Gasteiger partial charge < -0.3 is 14.5 Å². The highest BCUT2D eigenvalue weighted by Crippen LogP contribution is 2.26. The molecule has 1 aliphatic carbocycles. The Morgan fingerprint density at radius 1 is 1.14 bits per heavy atom. The fourth-order valence-corrected chi connectivity index (χ4v) is 3.21. The lowest BCUT2D eigenvalue weighted by Crippen LogP contribution is -2.40. The highest BCUT2D eigenvalue weighted by atomic mass is 16.5. The molecule has 0 saturated carbocycles. The number of carboxylic acids is 1. The molecule has 2 heterocycles. The van der Waals surface area contributed by atoms with E-state index in [0.717, 1.165) is 43.4 Å². The number of aromatic nitrogens is 1. The Morgan fingerprint density at radius 2 is 1.86 bits per heavy atom. The molecule has 0 radical (unpaired) electrons. The first-order valence-corrected chi connectivity index (χ1v) is 7.66. The summed E-state index contributed by atoms with van der Waals surface area (Å²) in [5, 5.41) is 13.0. The van der Waals surface area contributed by atoms with Gasteiger partial charge in [0, 0.05) is 25.1 Å². The average Bonchev–Trinajstić information content (AvgIpc) is 2.75. The normalized spacial score (nSPS) is 19.9.